The second kappa shape index (κ2) is 6.43. The maximum absolute atomic E-state index is 13.1. The van der Waals surface area contributed by atoms with Crippen molar-refractivity contribution in [2.75, 3.05) is 0 Å². The fraction of sp³-hybridized carbons (Fsp3) is 0.188. The van der Waals surface area contributed by atoms with Crippen LogP contribution in [0.4, 0.5) is 13.2 Å². The van der Waals surface area contributed by atoms with E-state index < -0.39 is 18.1 Å². The molecule has 2 aromatic rings. The first-order valence-electron chi connectivity index (χ1n) is 6.30. The van der Waals surface area contributed by atoms with Gasteiger partial charge in [0.15, 0.2) is 5.92 Å². The van der Waals surface area contributed by atoms with Gasteiger partial charge in [-0.25, -0.2) is 0 Å². The summed E-state index contributed by atoms with van der Waals surface area (Å²) in [7, 11) is 0. The van der Waals surface area contributed by atoms with E-state index in [0.717, 1.165) is 0 Å². The van der Waals surface area contributed by atoms with E-state index in [9.17, 15) is 18.0 Å². The number of hydrogen-bond donors (Lipinski definition) is 0. The number of benzene rings is 2. The summed E-state index contributed by atoms with van der Waals surface area (Å²) in [5.41, 5.74) is 0.517. The van der Waals surface area contributed by atoms with Crippen molar-refractivity contribution in [2.24, 2.45) is 0 Å². The first-order chi connectivity index (χ1) is 9.98. The number of carbonyl (C=O) groups excluding carboxylic acids is 1. The molecule has 2 nitrogen and oxygen atoms in total. The van der Waals surface area contributed by atoms with Crippen LogP contribution in [-0.4, -0.2) is 12.1 Å². The number of hydrogen-bond acceptors (Lipinski definition) is 2. The second-order valence-electron chi connectivity index (χ2n) is 4.48. The molecule has 1 unspecified atom stereocenters. The zero-order valence-corrected chi connectivity index (χ0v) is 11.0. The lowest BCUT2D eigenvalue weighted by atomic mass is 9.99. The molecule has 0 radical (unpaired) electrons. The first kappa shape index (κ1) is 15.1. The monoisotopic (exact) mass is 294 g/mol. The summed E-state index contributed by atoms with van der Waals surface area (Å²) in [6.07, 6.45) is -4.69. The van der Waals surface area contributed by atoms with Crippen molar-refractivity contribution in [3.05, 3.63) is 71.8 Å². The molecule has 5 heteroatoms. The van der Waals surface area contributed by atoms with Crippen LogP contribution < -0.4 is 0 Å². The van der Waals surface area contributed by atoms with Gasteiger partial charge in [0.25, 0.3) is 0 Å². The van der Waals surface area contributed by atoms with Crippen molar-refractivity contribution < 1.29 is 22.7 Å². The van der Waals surface area contributed by atoms with Crippen molar-refractivity contribution in [1.29, 1.82) is 0 Å². The van der Waals surface area contributed by atoms with Crippen LogP contribution in [0.5, 0.6) is 0 Å². The van der Waals surface area contributed by atoms with Crippen LogP contribution in [0.1, 0.15) is 17.0 Å². The Kier molecular flexibility index (Phi) is 4.62. The van der Waals surface area contributed by atoms with E-state index in [0.29, 0.717) is 5.56 Å². The Morgan fingerprint density at radius 1 is 0.952 bits per heavy atom. The van der Waals surface area contributed by atoms with E-state index in [-0.39, 0.29) is 12.2 Å². The highest BCUT2D eigenvalue weighted by molar-refractivity contribution is 5.79. The maximum atomic E-state index is 13.1. The van der Waals surface area contributed by atoms with Crippen LogP contribution in [0.25, 0.3) is 0 Å². The van der Waals surface area contributed by atoms with Gasteiger partial charge in [0.2, 0.25) is 0 Å². The largest absolute Gasteiger partial charge is 0.460 e. The number of ether oxygens (including phenoxy) is 1. The van der Waals surface area contributed by atoms with Gasteiger partial charge in [-0.3, -0.25) is 4.79 Å². The molecule has 1 atom stereocenters. The van der Waals surface area contributed by atoms with Crippen LogP contribution in [-0.2, 0) is 16.1 Å². The quantitative estimate of drug-likeness (QED) is 0.794. The summed E-state index contributed by atoms with van der Waals surface area (Å²) in [4.78, 5) is 11.8. The molecular formula is C16H13F3O2. The molecule has 0 fully saturated rings. The molecule has 0 heterocycles. The Balaban J connectivity index is 2.13. The average Bonchev–Trinajstić information content (AvgIpc) is 2.46. The van der Waals surface area contributed by atoms with Crippen LogP contribution >= 0.6 is 0 Å². The summed E-state index contributed by atoms with van der Waals surface area (Å²) >= 11 is 0. The number of halogens is 3. The number of esters is 1. The molecule has 0 saturated carbocycles. The van der Waals surface area contributed by atoms with Gasteiger partial charge in [-0.05, 0) is 11.1 Å². The van der Waals surface area contributed by atoms with Crippen molar-refractivity contribution in [1.82, 2.24) is 0 Å². The molecule has 0 N–H and O–H groups in total. The van der Waals surface area contributed by atoms with Crippen LogP contribution in [0.2, 0.25) is 0 Å². The van der Waals surface area contributed by atoms with Crippen molar-refractivity contribution in [3.8, 4) is 0 Å². The lowest BCUT2D eigenvalue weighted by Gasteiger charge is -2.19. The van der Waals surface area contributed by atoms with E-state index in [4.69, 9.17) is 4.74 Å². The normalized spacial score (nSPS) is 12.7. The van der Waals surface area contributed by atoms with E-state index in [1.54, 1.807) is 36.4 Å². The summed E-state index contributed by atoms with van der Waals surface area (Å²) in [6, 6.07) is 15.6. The molecule has 0 bridgehead atoms. The lowest BCUT2D eigenvalue weighted by molar-refractivity contribution is -0.182. The van der Waals surface area contributed by atoms with Gasteiger partial charge < -0.3 is 4.74 Å². The SMILES string of the molecule is O=C(OCc1ccccc1)C(c1ccccc1)C(F)(F)F. The highest BCUT2D eigenvalue weighted by Crippen LogP contribution is 2.35. The zero-order chi connectivity index (χ0) is 15.3. The van der Waals surface area contributed by atoms with Crippen LogP contribution in [0.3, 0.4) is 0 Å². The third-order valence-electron chi connectivity index (χ3n) is 2.92. The minimum Gasteiger partial charge on any atom is -0.460 e. The minimum atomic E-state index is -4.69. The van der Waals surface area contributed by atoms with Crippen molar-refractivity contribution in [2.45, 2.75) is 18.7 Å². The van der Waals surface area contributed by atoms with E-state index in [1.807, 2.05) is 0 Å². The Morgan fingerprint density at radius 3 is 2.00 bits per heavy atom. The highest BCUT2D eigenvalue weighted by atomic mass is 19.4. The number of carbonyl (C=O) groups is 1. The topological polar surface area (TPSA) is 26.3 Å². The van der Waals surface area contributed by atoms with Gasteiger partial charge in [0.05, 0.1) is 0 Å². The predicted octanol–water partition coefficient (Wildman–Crippen LogP) is 4.08. The van der Waals surface area contributed by atoms with Crippen LogP contribution in [0, 0.1) is 0 Å². The third kappa shape index (κ3) is 4.08. The predicted molar refractivity (Wildman–Crippen MR) is 71.5 cm³/mol. The fourth-order valence-electron chi connectivity index (χ4n) is 1.92. The third-order valence-corrected chi connectivity index (χ3v) is 2.92. The Hall–Kier alpha value is -2.30. The molecule has 21 heavy (non-hydrogen) atoms. The molecule has 0 aliphatic carbocycles. The van der Waals surface area contributed by atoms with Gasteiger partial charge in [-0.1, -0.05) is 60.7 Å². The Labute approximate surface area is 120 Å². The molecule has 0 saturated heterocycles. The summed E-state index contributed by atoms with van der Waals surface area (Å²) in [5.74, 6) is -3.56. The summed E-state index contributed by atoms with van der Waals surface area (Å²) in [5, 5.41) is 0. The molecule has 110 valence electrons. The van der Waals surface area contributed by atoms with Gasteiger partial charge in [0.1, 0.15) is 6.61 Å². The van der Waals surface area contributed by atoms with Crippen molar-refractivity contribution in [3.63, 3.8) is 0 Å². The second-order valence-corrected chi connectivity index (χ2v) is 4.48. The summed E-state index contributed by atoms with van der Waals surface area (Å²) < 4.78 is 44.1. The molecule has 0 aliphatic rings. The van der Waals surface area contributed by atoms with Gasteiger partial charge in [0, 0.05) is 0 Å². The summed E-state index contributed by atoms with van der Waals surface area (Å²) in [6.45, 7) is -0.181. The van der Waals surface area contributed by atoms with Crippen molar-refractivity contribution >= 4 is 5.97 Å². The van der Waals surface area contributed by atoms with E-state index >= 15 is 0 Å². The molecule has 0 amide bonds. The van der Waals surface area contributed by atoms with Crippen LogP contribution in [0.15, 0.2) is 60.7 Å². The molecular weight excluding hydrogens is 281 g/mol. The molecule has 2 rings (SSSR count). The molecule has 0 aliphatic heterocycles. The standard InChI is InChI=1S/C16H13F3O2/c17-16(18,19)14(13-9-5-2-6-10-13)15(20)21-11-12-7-3-1-4-8-12/h1-10,14H,11H2. The number of rotatable bonds is 4. The fourth-order valence-corrected chi connectivity index (χ4v) is 1.92. The Morgan fingerprint density at radius 2 is 1.48 bits per heavy atom. The average molecular weight is 294 g/mol. The lowest BCUT2D eigenvalue weighted by Crippen LogP contribution is -2.30. The van der Waals surface area contributed by atoms with E-state index in [1.165, 1.54) is 24.3 Å². The minimum absolute atomic E-state index is 0.122. The Bertz CT molecular complexity index is 579. The highest BCUT2D eigenvalue weighted by Gasteiger charge is 2.47. The first-order valence-corrected chi connectivity index (χ1v) is 6.30. The smallest absolute Gasteiger partial charge is 0.406 e. The van der Waals surface area contributed by atoms with E-state index in [2.05, 4.69) is 0 Å². The molecule has 0 spiro atoms. The number of alkyl halides is 3. The maximum Gasteiger partial charge on any atom is 0.406 e. The van der Waals surface area contributed by atoms with Gasteiger partial charge in [-0.2, -0.15) is 13.2 Å². The molecule has 2 aromatic carbocycles. The van der Waals surface area contributed by atoms with Gasteiger partial charge in [-0.15, -0.1) is 0 Å². The zero-order valence-electron chi connectivity index (χ0n) is 11.0. The molecule has 0 aromatic heterocycles. The van der Waals surface area contributed by atoms with Gasteiger partial charge >= 0.3 is 12.1 Å².